The van der Waals surface area contributed by atoms with Gasteiger partial charge >= 0.3 is 0 Å². The minimum atomic E-state index is 0.523. The molecule has 0 radical (unpaired) electrons. The predicted octanol–water partition coefficient (Wildman–Crippen LogP) is 5.58. The summed E-state index contributed by atoms with van der Waals surface area (Å²) in [7, 11) is 0. The van der Waals surface area contributed by atoms with Crippen LogP contribution >= 0.6 is 0 Å². The van der Waals surface area contributed by atoms with Crippen LogP contribution in [0.1, 0.15) is 84.0 Å². The molecule has 5 aliphatic rings. The topological polar surface area (TPSA) is 9.23 Å². The van der Waals surface area contributed by atoms with Crippen molar-refractivity contribution in [2.24, 2.45) is 29.1 Å². The van der Waals surface area contributed by atoms with Crippen molar-refractivity contribution in [2.75, 3.05) is 6.61 Å². The molecule has 0 aliphatic heterocycles. The lowest BCUT2D eigenvalue weighted by molar-refractivity contribution is -0.137. The molecule has 1 unspecified atom stereocenters. The molecule has 21 heavy (non-hydrogen) atoms. The van der Waals surface area contributed by atoms with Crippen LogP contribution in [0.2, 0.25) is 0 Å². The molecule has 0 heterocycles. The van der Waals surface area contributed by atoms with Gasteiger partial charge in [-0.3, -0.25) is 0 Å². The van der Waals surface area contributed by atoms with Gasteiger partial charge in [-0.05, 0) is 81.0 Å². The van der Waals surface area contributed by atoms with Gasteiger partial charge in [0.1, 0.15) is 0 Å². The first-order valence-corrected chi connectivity index (χ1v) is 9.85. The van der Waals surface area contributed by atoms with Crippen LogP contribution in [0, 0.1) is 29.1 Å². The number of hydrogen-bond acceptors (Lipinski definition) is 1. The van der Waals surface area contributed by atoms with E-state index < -0.39 is 0 Å². The Morgan fingerprint density at radius 1 is 0.905 bits per heavy atom. The van der Waals surface area contributed by atoms with Gasteiger partial charge in [0.2, 0.25) is 0 Å². The predicted molar refractivity (Wildman–Crippen MR) is 87.2 cm³/mol. The van der Waals surface area contributed by atoms with E-state index in [1.807, 2.05) is 0 Å². The summed E-state index contributed by atoms with van der Waals surface area (Å²) in [6.45, 7) is 3.45. The van der Waals surface area contributed by atoms with Crippen molar-refractivity contribution in [3.63, 3.8) is 0 Å². The molecule has 0 aromatic carbocycles. The molecule has 5 saturated carbocycles. The second kappa shape index (κ2) is 5.87. The van der Waals surface area contributed by atoms with Gasteiger partial charge in [0.05, 0.1) is 6.10 Å². The Labute approximate surface area is 131 Å². The summed E-state index contributed by atoms with van der Waals surface area (Å²) < 4.78 is 6.43. The van der Waals surface area contributed by atoms with Gasteiger partial charge in [-0.25, -0.2) is 0 Å². The Morgan fingerprint density at radius 2 is 1.48 bits per heavy atom. The fourth-order valence-electron chi connectivity index (χ4n) is 6.74. The first kappa shape index (κ1) is 14.5. The summed E-state index contributed by atoms with van der Waals surface area (Å²) in [6.07, 6.45) is 18.3. The van der Waals surface area contributed by atoms with E-state index in [1.165, 1.54) is 57.8 Å². The average molecular weight is 290 g/mol. The highest BCUT2D eigenvalue weighted by Gasteiger charge is 2.53. The Morgan fingerprint density at radius 3 is 2.05 bits per heavy atom. The SMILES string of the molecule is CC(OCCC1CCCCC1)C12CC3CC(CC(C3)C1)C2. The van der Waals surface area contributed by atoms with Crippen molar-refractivity contribution < 1.29 is 4.74 Å². The van der Waals surface area contributed by atoms with Crippen LogP contribution in [0.3, 0.4) is 0 Å². The molecule has 1 nitrogen and oxygen atoms in total. The lowest BCUT2D eigenvalue weighted by Gasteiger charge is -2.58. The van der Waals surface area contributed by atoms with Crippen molar-refractivity contribution in [2.45, 2.75) is 90.1 Å². The summed E-state index contributed by atoms with van der Waals surface area (Å²) in [5.74, 6) is 4.14. The molecule has 5 fully saturated rings. The Kier molecular flexibility index (Phi) is 4.07. The van der Waals surface area contributed by atoms with Gasteiger partial charge in [-0.15, -0.1) is 0 Å². The van der Waals surface area contributed by atoms with Crippen molar-refractivity contribution in [3.05, 3.63) is 0 Å². The third-order valence-electron chi connectivity index (χ3n) is 7.57. The van der Waals surface area contributed by atoms with Crippen molar-refractivity contribution in [1.82, 2.24) is 0 Å². The van der Waals surface area contributed by atoms with Gasteiger partial charge in [0, 0.05) is 6.61 Å². The van der Waals surface area contributed by atoms with Crippen molar-refractivity contribution in [3.8, 4) is 0 Å². The number of hydrogen-bond donors (Lipinski definition) is 0. The standard InChI is InChI=1S/C20H34O/c1-15(21-8-7-16-5-3-2-4-6-16)20-12-17-9-18(13-20)11-19(10-17)14-20/h15-19H,2-14H2,1H3. The molecule has 0 spiro atoms. The van der Waals surface area contributed by atoms with Gasteiger partial charge in [0.15, 0.2) is 0 Å². The summed E-state index contributed by atoms with van der Waals surface area (Å²) in [5.41, 5.74) is 0.585. The van der Waals surface area contributed by atoms with Gasteiger partial charge in [-0.1, -0.05) is 32.1 Å². The highest BCUT2D eigenvalue weighted by molar-refractivity contribution is 5.03. The fourth-order valence-corrected chi connectivity index (χ4v) is 6.74. The molecular weight excluding hydrogens is 256 g/mol. The third kappa shape index (κ3) is 2.92. The normalized spacial score (nSPS) is 44.1. The van der Waals surface area contributed by atoms with E-state index >= 15 is 0 Å². The van der Waals surface area contributed by atoms with Crippen LogP contribution in [-0.2, 0) is 4.74 Å². The molecule has 5 rings (SSSR count). The average Bonchev–Trinajstić information content (AvgIpc) is 2.47. The minimum absolute atomic E-state index is 0.523. The molecule has 120 valence electrons. The lowest BCUT2D eigenvalue weighted by atomic mass is 9.48. The van der Waals surface area contributed by atoms with Crippen LogP contribution < -0.4 is 0 Å². The molecule has 1 atom stereocenters. The first-order chi connectivity index (χ1) is 10.2. The summed E-state index contributed by atoms with van der Waals surface area (Å²) >= 11 is 0. The monoisotopic (exact) mass is 290 g/mol. The maximum Gasteiger partial charge on any atom is 0.0603 e. The highest BCUT2D eigenvalue weighted by Crippen LogP contribution is 2.61. The van der Waals surface area contributed by atoms with E-state index in [9.17, 15) is 0 Å². The van der Waals surface area contributed by atoms with E-state index in [2.05, 4.69) is 6.92 Å². The fraction of sp³-hybridized carbons (Fsp3) is 1.00. The maximum absolute atomic E-state index is 6.43. The Balaban J connectivity index is 1.29. The minimum Gasteiger partial charge on any atom is -0.378 e. The molecular formula is C20H34O. The second-order valence-electron chi connectivity index (χ2n) is 9.09. The van der Waals surface area contributed by atoms with E-state index in [0.29, 0.717) is 11.5 Å². The zero-order valence-electron chi connectivity index (χ0n) is 14.0. The van der Waals surface area contributed by atoms with E-state index in [-0.39, 0.29) is 0 Å². The van der Waals surface area contributed by atoms with Crippen LogP contribution in [0.5, 0.6) is 0 Å². The zero-order valence-corrected chi connectivity index (χ0v) is 14.0. The van der Waals surface area contributed by atoms with Crippen LogP contribution in [0.25, 0.3) is 0 Å². The van der Waals surface area contributed by atoms with Crippen molar-refractivity contribution >= 4 is 0 Å². The molecule has 0 saturated heterocycles. The van der Waals surface area contributed by atoms with E-state index in [4.69, 9.17) is 4.74 Å². The van der Waals surface area contributed by atoms with Gasteiger partial charge in [-0.2, -0.15) is 0 Å². The van der Waals surface area contributed by atoms with Crippen LogP contribution in [0.15, 0.2) is 0 Å². The summed E-state index contributed by atoms with van der Waals surface area (Å²) in [6, 6.07) is 0. The molecule has 5 aliphatic carbocycles. The lowest BCUT2D eigenvalue weighted by Crippen LogP contribution is -2.51. The van der Waals surface area contributed by atoms with Gasteiger partial charge in [0.25, 0.3) is 0 Å². The largest absolute Gasteiger partial charge is 0.378 e. The first-order valence-electron chi connectivity index (χ1n) is 9.85. The van der Waals surface area contributed by atoms with Gasteiger partial charge < -0.3 is 4.74 Å². The van der Waals surface area contributed by atoms with E-state index in [1.54, 1.807) is 19.3 Å². The van der Waals surface area contributed by atoms with Crippen LogP contribution in [-0.4, -0.2) is 12.7 Å². The second-order valence-corrected chi connectivity index (χ2v) is 9.09. The van der Waals surface area contributed by atoms with E-state index in [0.717, 1.165) is 30.3 Å². The quantitative estimate of drug-likeness (QED) is 0.642. The molecule has 0 amide bonds. The summed E-state index contributed by atoms with van der Waals surface area (Å²) in [5, 5.41) is 0. The summed E-state index contributed by atoms with van der Waals surface area (Å²) in [4.78, 5) is 0. The highest BCUT2D eigenvalue weighted by atomic mass is 16.5. The smallest absolute Gasteiger partial charge is 0.0603 e. The molecule has 0 aromatic rings. The molecule has 0 aromatic heterocycles. The Bertz CT molecular complexity index is 320. The Hall–Kier alpha value is -0.0400. The third-order valence-corrected chi connectivity index (χ3v) is 7.57. The van der Waals surface area contributed by atoms with Crippen molar-refractivity contribution in [1.29, 1.82) is 0 Å². The maximum atomic E-state index is 6.43. The zero-order chi connectivity index (χ0) is 14.3. The molecule has 1 heteroatoms. The molecule has 4 bridgehead atoms. The number of rotatable bonds is 5. The molecule has 0 N–H and O–H groups in total. The number of ether oxygens (including phenoxy) is 1. The van der Waals surface area contributed by atoms with Crippen LogP contribution in [0.4, 0.5) is 0 Å².